The van der Waals surface area contributed by atoms with E-state index in [1.165, 1.54) is 28.6 Å². The average molecular weight is 878 g/mol. The number of amides is 4. The van der Waals surface area contributed by atoms with E-state index in [1.807, 2.05) is 60.7 Å². The molecule has 18 heteroatoms. The monoisotopic (exact) mass is 877 g/mol. The first-order chi connectivity index (χ1) is 28.9. The minimum absolute atomic E-state index is 0.127. The van der Waals surface area contributed by atoms with Gasteiger partial charge in [0, 0.05) is 19.6 Å². The number of aliphatic carboxylic acids is 1. The Morgan fingerprint density at radius 1 is 0.787 bits per heavy atom. The lowest BCUT2D eigenvalue weighted by atomic mass is 9.85. The summed E-state index contributed by atoms with van der Waals surface area (Å²) in [6.07, 6.45) is -0.967. The molecule has 1 heterocycles. The van der Waals surface area contributed by atoms with Crippen molar-refractivity contribution in [3.8, 4) is 0 Å². The molecule has 4 aromatic carbocycles. The maximum Gasteiger partial charge on any atom is 0.329 e. The number of carbonyl (C=O) groups excluding carboxylic acids is 4. The highest BCUT2D eigenvalue weighted by Gasteiger charge is 2.47. The molecule has 4 aromatic rings. The van der Waals surface area contributed by atoms with Gasteiger partial charge in [0.2, 0.25) is 33.7 Å². The van der Waals surface area contributed by atoms with Gasteiger partial charge in [-0.2, -0.15) is 0 Å². The predicted octanol–water partition coefficient (Wildman–Crippen LogP) is 2.78. The van der Waals surface area contributed by atoms with Gasteiger partial charge in [-0.1, -0.05) is 97.1 Å². The number of benzene rings is 4. The van der Waals surface area contributed by atoms with E-state index in [-0.39, 0.29) is 51.1 Å². The molecule has 61 heavy (non-hydrogen) atoms. The smallest absolute Gasteiger partial charge is 0.329 e. The molecule has 0 aromatic heterocycles. The van der Waals surface area contributed by atoms with Gasteiger partial charge in [0.05, 0.1) is 30.7 Å². The number of nitrogens with zero attached hydrogens (tertiary/aromatic N) is 1. The summed E-state index contributed by atoms with van der Waals surface area (Å²) >= 11 is 0. The van der Waals surface area contributed by atoms with Gasteiger partial charge in [-0.3, -0.25) is 28.5 Å². The van der Waals surface area contributed by atoms with Gasteiger partial charge in [0.15, 0.2) is 0 Å². The molecule has 0 bridgehead atoms. The van der Waals surface area contributed by atoms with Crippen LogP contribution in [0.1, 0.15) is 54.4 Å². The van der Waals surface area contributed by atoms with Gasteiger partial charge in [-0.05, 0) is 71.6 Å². The number of nitrogens with two attached hydrogens (primary N) is 1. The van der Waals surface area contributed by atoms with Crippen molar-refractivity contribution in [1.29, 1.82) is 0 Å². The normalized spacial score (nSPS) is 15.3. The number of fused-ring (bicyclic) bond motifs is 1. The Kier molecular flexibility index (Phi) is 16.0. The molecule has 2 atom stereocenters. The van der Waals surface area contributed by atoms with Gasteiger partial charge in [0.25, 0.3) is 0 Å². The zero-order valence-electron chi connectivity index (χ0n) is 33.6. The number of sulfonamides is 1. The number of rotatable bonds is 21. The van der Waals surface area contributed by atoms with E-state index in [9.17, 15) is 51.8 Å². The fraction of sp³-hybridized carbons (Fsp3) is 0.372. The fourth-order valence-electron chi connectivity index (χ4n) is 7.52. The number of carboxylic acids is 1. The molecule has 326 valence electrons. The molecule has 1 fully saturated rings. The van der Waals surface area contributed by atoms with Crippen LogP contribution in [0.25, 0.3) is 10.8 Å². The number of aryl methyl sites for hydroxylation is 2. The quantitative estimate of drug-likeness (QED) is 0.0473. The lowest BCUT2D eigenvalue weighted by Gasteiger charge is -2.41. The van der Waals surface area contributed by atoms with Crippen molar-refractivity contribution in [1.82, 2.24) is 20.3 Å². The third-order valence-corrected chi connectivity index (χ3v) is 13.4. The van der Waals surface area contributed by atoms with Crippen molar-refractivity contribution in [2.75, 3.05) is 25.4 Å². The molecule has 0 radical (unpaired) electrons. The van der Waals surface area contributed by atoms with Gasteiger partial charge < -0.3 is 36.6 Å². The van der Waals surface area contributed by atoms with Crippen LogP contribution in [0.15, 0.2) is 97.1 Å². The van der Waals surface area contributed by atoms with Crippen LogP contribution in [0.5, 0.6) is 0 Å². The SMILES string of the molecule is NC(=O)C[C@H](NC(=O)C1(NC(=O)[C@H](CC(=O)O)Cc2ccc(CP(=O)(O)O)cc2)CCN(S(=O)(=O)CCc2ccccc2)CC1)C(=O)NCCCc1cccc2ccccc12. The number of hydrogen-bond acceptors (Lipinski definition) is 8. The van der Waals surface area contributed by atoms with Crippen LogP contribution in [-0.4, -0.2) is 94.2 Å². The van der Waals surface area contributed by atoms with Crippen molar-refractivity contribution in [3.05, 3.63) is 119 Å². The van der Waals surface area contributed by atoms with Crippen molar-refractivity contribution in [2.24, 2.45) is 11.7 Å². The Hall–Kier alpha value is -5.45. The summed E-state index contributed by atoms with van der Waals surface area (Å²) in [5.41, 5.74) is 6.38. The van der Waals surface area contributed by atoms with E-state index in [1.54, 1.807) is 12.1 Å². The Morgan fingerprint density at radius 3 is 2.08 bits per heavy atom. The predicted molar refractivity (Wildman–Crippen MR) is 228 cm³/mol. The Balaban J connectivity index is 1.33. The van der Waals surface area contributed by atoms with E-state index in [2.05, 4.69) is 16.0 Å². The van der Waals surface area contributed by atoms with E-state index in [0.29, 0.717) is 24.0 Å². The van der Waals surface area contributed by atoms with Crippen molar-refractivity contribution < 1.29 is 51.8 Å². The second kappa shape index (κ2) is 20.9. The summed E-state index contributed by atoms with van der Waals surface area (Å²) in [5, 5.41) is 20.0. The van der Waals surface area contributed by atoms with Crippen molar-refractivity contribution in [3.63, 3.8) is 0 Å². The lowest BCUT2D eigenvalue weighted by Crippen LogP contribution is -2.66. The van der Waals surface area contributed by atoms with Crippen LogP contribution in [0.3, 0.4) is 0 Å². The summed E-state index contributed by atoms with van der Waals surface area (Å²) in [5.74, 6) is -6.06. The molecule has 1 saturated heterocycles. The second-order valence-electron chi connectivity index (χ2n) is 15.4. The first kappa shape index (κ1) is 46.6. The third-order valence-electron chi connectivity index (χ3n) is 10.8. The van der Waals surface area contributed by atoms with E-state index < -0.39 is 83.7 Å². The van der Waals surface area contributed by atoms with E-state index in [0.717, 1.165) is 21.9 Å². The standard InChI is InChI=1S/C43H52N5O11PS/c44-38(49)28-37(41(53)45-22-7-13-34-12-6-11-33-10-4-5-14-36(33)34)46-42(54)43(20-23-48(24-21-43)61(58,59)25-19-30-8-2-1-3-9-30)47-40(52)35(27-39(50)51)26-31-15-17-32(18-16-31)29-60(55,56)57/h1-6,8-12,14-18,35,37H,7,13,19-29H2,(H2,44,49)(H,45,53)(H,46,54)(H,47,52)(H,50,51)(H2,55,56,57)/t35-,37-/m0/s1. The maximum absolute atomic E-state index is 14.4. The number of nitrogens with one attached hydrogen (secondary N) is 3. The highest BCUT2D eigenvalue weighted by atomic mass is 32.2. The first-order valence-electron chi connectivity index (χ1n) is 19.9. The first-order valence-corrected chi connectivity index (χ1v) is 23.4. The second-order valence-corrected chi connectivity index (χ2v) is 19.1. The van der Waals surface area contributed by atoms with Crippen LogP contribution < -0.4 is 21.7 Å². The molecule has 5 rings (SSSR count). The maximum atomic E-state index is 14.4. The van der Waals surface area contributed by atoms with Crippen LogP contribution in [0, 0.1) is 5.92 Å². The number of carboxylic acid groups (broad SMARTS) is 1. The van der Waals surface area contributed by atoms with Crippen LogP contribution >= 0.6 is 7.60 Å². The Labute approximate surface area is 354 Å². The Bertz CT molecular complexity index is 2340. The number of carbonyl (C=O) groups is 5. The van der Waals surface area contributed by atoms with Gasteiger partial charge >= 0.3 is 13.6 Å². The topological polar surface area (TPSA) is 263 Å². The molecule has 0 aliphatic carbocycles. The molecule has 16 nitrogen and oxygen atoms in total. The Morgan fingerprint density at radius 2 is 1.43 bits per heavy atom. The number of hydrogen-bond donors (Lipinski definition) is 7. The summed E-state index contributed by atoms with van der Waals surface area (Å²) in [6, 6.07) is 27.4. The minimum atomic E-state index is -4.36. The highest BCUT2D eigenvalue weighted by molar-refractivity contribution is 7.89. The molecule has 8 N–H and O–H groups in total. The summed E-state index contributed by atoms with van der Waals surface area (Å²) < 4.78 is 39.7. The van der Waals surface area contributed by atoms with Crippen molar-refractivity contribution in [2.45, 2.75) is 69.1 Å². The molecule has 1 aliphatic heterocycles. The zero-order chi connectivity index (χ0) is 44.2. The lowest BCUT2D eigenvalue weighted by molar-refractivity contribution is -0.143. The molecule has 4 amide bonds. The zero-order valence-corrected chi connectivity index (χ0v) is 35.3. The molecule has 1 aliphatic rings. The number of primary amides is 1. The summed E-state index contributed by atoms with van der Waals surface area (Å²) in [4.78, 5) is 84.9. The molecule has 0 saturated carbocycles. The largest absolute Gasteiger partial charge is 0.481 e. The van der Waals surface area contributed by atoms with E-state index >= 15 is 0 Å². The van der Waals surface area contributed by atoms with Gasteiger partial charge in [0.1, 0.15) is 11.6 Å². The summed E-state index contributed by atoms with van der Waals surface area (Å²) in [6.45, 7) is -0.200. The van der Waals surface area contributed by atoms with Gasteiger partial charge in [-0.25, -0.2) is 12.7 Å². The van der Waals surface area contributed by atoms with Crippen molar-refractivity contribution >= 4 is 58.0 Å². The molecule has 0 unspecified atom stereocenters. The minimum Gasteiger partial charge on any atom is -0.481 e. The van der Waals surface area contributed by atoms with E-state index in [4.69, 9.17) is 5.73 Å². The van der Waals surface area contributed by atoms with Crippen LogP contribution in [-0.2, 0) is 64.0 Å². The van der Waals surface area contributed by atoms with Gasteiger partial charge in [-0.15, -0.1) is 0 Å². The van der Waals surface area contributed by atoms with Crippen LogP contribution in [0.4, 0.5) is 0 Å². The molecular weight excluding hydrogens is 826 g/mol. The highest BCUT2D eigenvalue weighted by Crippen LogP contribution is 2.39. The third kappa shape index (κ3) is 13.8. The molecule has 0 spiro atoms. The fourth-order valence-corrected chi connectivity index (χ4v) is 9.69. The number of piperidine rings is 1. The molecular formula is C43H52N5O11PS. The summed E-state index contributed by atoms with van der Waals surface area (Å²) in [7, 11) is -8.19. The van der Waals surface area contributed by atoms with Crippen LogP contribution in [0.2, 0.25) is 0 Å². The average Bonchev–Trinajstić information content (AvgIpc) is 3.21.